The molecule has 2 amide bonds. The summed E-state index contributed by atoms with van der Waals surface area (Å²) >= 11 is 0. The van der Waals surface area contributed by atoms with Crippen LogP contribution in [0.1, 0.15) is 22.8 Å². The molecule has 0 bridgehead atoms. The second-order valence-electron chi connectivity index (χ2n) is 7.20. The fraction of sp³-hybridized carbons (Fsp3) is 0.0870. The average molecular weight is 445 g/mol. The molecule has 0 saturated carbocycles. The number of non-ortho nitro benzene ring substituents is 1. The number of H-pyrrole nitrogens is 1. The van der Waals surface area contributed by atoms with Crippen molar-refractivity contribution >= 4 is 39.9 Å². The predicted octanol–water partition coefficient (Wildman–Crippen LogP) is 4.90. The van der Waals surface area contributed by atoms with Crippen molar-refractivity contribution in [2.75, 3.05) is 10.6 Å². The number of benzene rings is 3. The zero-order valence-electron chi connectivity index (χ0n) is 17.5. The number of rotatable bonds is 7. The van der Waals surface area contributed by atoms with Gasteiger partial charge >= 0.3 is 6.03 Å². The number of urea groups is 1. The average Bonchev–Trinajstić information content (AvgIpc) is 3.20. The number of hydrogen-bond donors (Lipinski definition) is 3. The lowest BCUT2D eigenvalue weighted by molar-refractivity contribution is -0.384. The van der Waals surface area contributed by atoms with E-state index in [0.717, 1.165) is 5.56 Å². The molecule has 3 N–H and O–H groups in total. The van der Waals surface area contributed by atoms with Gasteiger partial charge in [0.2, 0.25) is 0 Å². The van der Waals surface area contributed by atoms with E-state index in [4.69, 9.17) is 4.74 Å². The van der Waals surface area contributed by atoms with Gasteiger partial charge in [0.25, 0.3) is 5.69 Å². The summed E-state index contributed by atoms with van der Waals surface area (Å²) in [5.41, 5.74) is 2.59. The maximum absolute atomic E-state index is 12.4. The number of nitro groups is 1. The topological polar surface area (TPSA) is 139 Å². The number of hydrogen-bond acceptors (Lipinski definition) is 6. The maximum atomic E-state index is 12.4. The first-order chi connectivity index (χ1) is 15.9. The van der Waals surface area contributed by atoms with Gasteiger partial charge in [-0.1, -0.05) is 0 Å². The monoisotopic (exact) mass is 445 g/mol. The SMILES string of the molecule is CC(=O)c1ccc(NC(=O)Nc2n[nH]c3ccc(OCc4ccc([N+](=O)[O-])cc4)cc23)cc1. The van der Waals surface area contributed by atoms with E-state index >= 15 is 0 Å². The Labute approximate surface area is 187 Å². The van der Waals surface area contributed by atoms with Crippen LogP contribution in [0.3, 0.4) is 0 Å². The lowest BCUT2D eigenvalue weighted by atomic mass is 10.1. The summed E-state index contributed by atoms with van der Waals surface area (Å²) in [5.74, 6) is 0.815. The Morgan fingerprint density at radius 1 is 1.03 bits per heavy atom. The number of anilines is 2. The van der Waals surface area contributed by atoms with E-state index in [0.29, 0.717) is 33.7 Å². The van der Waals surface area contributed by atoms with Gasteiger partial charge in [0.05, 0.1) is 10.4 Å². The van der Waals surface area contributed by atoms with Gasteiger partial charge in [-0.2, -0.15) is 5.10 Å². The quantitative estimate of drug-likeness (QED) is 0.210. The van der Waals surface area contributed by atoms with Crippen molar-refractivity contribution < 1.29 is 19.2 Å². The molecule has 0 unspecified atom stereocenters. The summed E-state index contributed by atoms with van der Waals surface area (Å²) < 4.78 is 5.79. The number of ether oxygens (including phenoxy) is 1. The first kappa shape index (κ1) is 21.5. The van der Waals surface area contributed by atoms with Gasteiger partial charge < -0.3 is 10.1 Å². The number of amides is 2. The summed E-state index contributed by atoms with van der Waals surface area (Å²) in [5, 5.41) is 23.8. The highest BCUT2D eigenvalue weighted by Crippen LogP contribution is 2.26. The number of carbonyl (C=O) groups excluding carboxylic acids is 2. The molecule has 3 aromatic carbocycles. The van der Waals surface area contributed by atoms with E-state index in [1.807, 2.05) is 0 Å². The molecule has 4 rings (SSSR count). The Morgan fingerprint density at radius 2 is 1.76 bits per heavy atom. The Bertz CT molecular complexity index is 1330. The zero-order chi connectivity index (χ0) is 23.4. The molecule has 166 valence electrons. The van der Waals surface area contributed by atoms with E-state index < -0.39 is 11.0 Å². The minimum atomic E-state index is -0.490. The van der Waals surface area contributed by atoms with E-state index in [9.17, 15) is 19.7 Å². The third kappa shape index (κ3) is 5.13. The number of aromatic nitrogens is 2. The number of ketones is 1. The molecule has 0 aliphatic heterocycles. The van der Waals surface area contributed by atoms with Gasteiger partial charge in [-0.3, -0.25) is 25.3 Å². The van der Waals surface area contributed by atoms with Crippen molar-refractivity contribution in [3.8, 4) is 5.75 Å². The largest absolute Gasteiger partial charge is 0.489 e. The van der Waals surface area contributed by atoms with Crippen molar-refractivity contribution in [1.82, 2.24) is 10.2 Å². The summed E-state index contributed by atoms with van der Waals surface area (Å²) in [7, 11) is 0. The highest BCUT2D eigenvalue weighted by Gasteiger charge is 2.11. The molecule has 0 aliphatic carbocycles. The molecule has 1 aromatic heterocycles. The van der Waals surface area contributed by atoms with E-state index in [1.165, 1.54) is 19.1 Å². The Morgan fingerprint density at radius 3 is 2.42 bits per heavy atom. The summed E-state index contributed by atoms with van der Waals surface area (Å²) in [4.78, 5) is 34.1. The Kier molecular flexibility index (Phi) is 5.98. The lowest BCUT2D eigenvalue weighted by Gasteiger charge is -2.08. The number of carbonyl (C=O) groups is 2. The molecule has 0 spiro atoms. The fourth-order valence-corrected chi connectivity index (χ4v) is 3.12. The number of fused-ring (bicyclic) bond motifs is 1. The van der Waals surface area contributed by atoms with Crippen LogP contribution in [0.15, 0.2) is 66.7 Å². The zero-order valence-corrected chi connectivity index (χ0v) is 17.5. The van der Waals surface area contributed by atoms with Crippen LogP contribution in [0.25, 0.3) is 10.9 Å². The molecule has 0 aliphatic rings. The van der Waals surface area contributed by atoms with E-state index in [-0.39, 0.29) is 18.1 Å². The molecule has 0 saturated heterocycles. The third-order valence-corrected chi connectivity index (χ3v) is 4.87. The molecule has 33 heavy (non-hydrogen) atoms. The maximum Gasteiger partial charge on any atom is 0.324 e. The molecule has 1 heterocycles. The lowest BCUT2D eigenvalue weighted by Crippen LogP contribution is -2.19. The van der Waals surface area contributed by atoms with E-state index in [1.54, 1.807) is 54.6 Å². The molecule has 4 aromatic rings. The summed E-state index contributed by atoms with van der Waals surface area (Å²) in [6, 6.07) is 17.4. The number of aromatic amines is 1. The smallest absolute Gasteiger partial charge is 0.324 e. The molecule has 10 nitrogen and oxygen atoms in total. The summed E-state index contributed by atoms with van der Waals surface area (Å²) in [6.07, 6.45) is 0. The van der Waals surface area contributed by atoms with Gasteiger partial charge in [0.15, 0.2) is 11.6 Å². The first-order valence-electron chi connectivity index (χ1n) is 9.92. The third-order valence-electron chi connectivity index (χ3n) is 4.87. The highest BCUT2D eigenvalue weighted by molar-refractivity contribution is 6.05. The number of nitro benzene ring substituents is 1. The standard InChI is InChI=1S/C23H19N5O5/c1-14(29)16-4-6-17(7-5-16)24-23(30)25-22-20-12-19(10-11-21(20)26-27-22)33-13-15-2-8-18(9-3-15)28(31)32/h2-12H,13H2,1H3,(H3,24,25,26,27,30). The second-order valence-corrected chi connectivity index (χ2v) is 7.20. The Balaban J connectivity index is 1.42. The molecule has 0 atom stereocenters. The molecule has 0 fully saturated rings. The van der Waals surface area contributed by atoms with Crippen molar-refractivity contribution in [2.24, 2.45) is 0 Å². The predicted molar refractivity (Wildman–Crippen MR) is 123 cm³/mol. The van der Waals surface area contributed by atoms with Crippen molar-refractivity contribution in [3.63, 3.8) is 0 Å². The van der Waals surface area contributed by atoms with Crippen molar-refractivity contribution in [2.45, 2.75) is 13.5 Å². The Hall–Kier alpha value is -4.73. The molecular weight excluding hydrogens is 426 g/mol. The first-order valence-corrected chi connectivity index (χ1v) is 9.92. The number of nitrogens with zero attached hydrogens (tertiary/aromatic N) is 2. The van der Waals surface area contributed by atoms with Crippen LogP contribution in [0.5, 0.6) is 5.75 Å². The van der Waals surface area contributed by atoms with Crippen LogP contribution in [0.4, 0.5) is 22.0 Å². The van der Waals surface area contributed by atoms with Crippen LogP contribution in [0, 0.1) is 10.1 Å². The summed E-state index contributed by atoms with van der Waals surface area (Å²) in [6.45, 7) is 1.70. The normalized spacial score (nSPS) is 10.6. The highest BCUT2D eigenvalue weighted by atomic mass is 16.6. The van der Waals surface area contributed by atoms with Gasteiger partial charge in [-0.15, -0.1) is 0 Å². The minimum Gasteiger partial charge on any atom is -0.489 e. The van der Waals surface area contributed by atoms with E-state index in [2.05, 4.69) is 20.8 Å². The van der Waals surface area contributed by atoms with Crippen LogP contribution in [-0.2, 0) is 6.61 Å². The van der Waals surface area contributed by atoms with Gasteiger partial charge in [-0.05, 0) is 67.1 Å². The van der Waals surface area contributed by atoms with Gasteiger partial charge in [0.1, 0.15) is 12.4 Å². The number of nitrogens with one attached hydrogen (secondary N) is 3. The van der Waals surface area contributed by atoms with Crippen LogP contribution < -0.4 is 15.4 Å². The molecular formula is C23H19N5O5. The second kappa shape index (κ2) is 9.18. The fourth-order valence-electron chi connectivity index (χ4n) is 3.12. The minimum absolute atomic E-state index is 0.0161. The molecule has 0 radical (unpaired) electrons. The van der Waals surface area contributed by atoms with Gasteiger partial charge in [-0.25, -0.2) is 4.79 Å². The van der Waals surface area contributed by atoms with Crippen LogP contribution in [-0.4, -0.2) is 26.9 Å². The van der Waals surface area contributed by atoms with Crippen LogP contribution in [0.2, 0.25) is 0 Å². The molecule has 10 heteroatoms. The van der Waals surface area contributed by atoms with Crippen molar-refractivity contribution in [1.29, 1.82) is 0 Å². The number of Topliss-reactive ketones (excluding diaryl/α,β-unsaturated/α-hetero) is 1. The van der Waals surface area contributed by atoms with Crippen LogP contribution >= 0.6 is 0 Å². The van der Waals surface area contributed by atoms with Crippen molar-refractivity contribution in [3.05, 3.63) is 88.0 Å². The van der Waals surface area contributed by atoms with Gasteiger partial charge in [0, 0.05) is 28.8 Å².